The second-order valence-electron chi connectivity index (χ2n) is 5.02. The molecule has 24 heavy (non-hydrogen) atoms. The lowest BCUT2D eigenvalue weighted by Crippen LogP contribution is -2.11. The highest BCUT2D eigenvalue weighted by molar-refractivity contribution is 7.99. The van der Waals surface area contributed by atoms with Crippen LogP contribution >= 0.6 is 23.4 Å². The third-order valence-electron chi connectivity index (χ3n) is 3.30. The molecule has 0 atom stereocenters. The fourth-order valence-corrected chi connectivity index (χ4v) is 3.07. The van der Waals surface area contributed by atoms with Gasteiger partial charge in [-0.2, -0.15) is 0 Å². The van der Waals surface area contributed by atoms with Crippen molar-refractivity contribution in [1.82, 2.24) is 0 Å². The van der Waals surface area contributed by atoms with E-state index in [4.69, 9.17) is 21.1 Å². The number of anilines is 1. The topological polar surface area (TPSA) is 47.6 Å². The van der Waals surface area contributed by atoms with Crippen molar-refractivity contribution in [2.24, 2.45) is 0 Å². The number of ether oxygens (including phenoxy) is 2. The maximum absolute atomic E-state index is 12.0. The largest absolute Gasteiger partial charge is 0.493 e. The molecule has 0 bridgehead atoms. The van der Waals surface area contributed by atoms with Gasteiger partial charge >= 0.3 is 0 Å². The van der Waals surface area contributed by atoms with Crippen LogP contribution in [0.3, 0.4) is 0 Å². The van der Waals surface area contributed by atoms with Crippen LogP contribution in [-0.4, -0.2) is 25.9 Å². The Kier molecular flexibility index (Phi) is 7.28. The van der Waals surface area contributed by atoms with Gasteiger partial charge in [-0.15, -0.1) is 11.8 Å². The smallest absolute Gasteiger partial charge is 0.224 e. The number of hydrogen-bond acceptors (Lipinski definition) is 4. The van der Waals surface area contributed by atoms with Crippen LogP contribution in [-0.2, 0) is 4.79 Å². The summed E-state index contributed by atoms with van der Waals surface area (Å²) in [6, 6.07) is 13.0. The minimum Gasteiger partial charge on any atom is -0.493 e. The molecule has 0 aliphatic carbocycles. The SMILES string of the molecule is COc1ccc(NC(=O)CCCSc2ccc(Cl)cc2)cc1OC. The summed E-state index contributed by atoms with van der Waals surface area (Å²) in [4.78, 5) is 13.2. The summed E-state index contributed by atoms with van der Waals surface area (Å²) in [5, 5.41) is 3.60. The molecular formula is C18H20ClNO3S. The maximum Gasteiger partial charge on any atom is 0.224 e. The normalized spacial score (nSPS) is 10.3. The lowest BCUT2D eigenvalue weighted by Gasteiger charge is -2.10. The summed E-state index contributed by atoms with van der Waals surface area (Å²) in [5.74, 6) is 2.09. The highest BCUT2D eigenvalue weighted by Gasteiger charge is 2.07. The Bertz CT molecular complexity index is 676. The Morgan fingerprint density at radius 1 is 1.08 bits per heavy atom. The number of amides is 1. The molecule has 128 valence electrons. The first-order valence-electron chi connectivity index (χ1n) is 7.52. The van der Waals surface area contributed by atoms with Gasteiger partial charge in [-0.1, -0.05) is 11.6 Å². The van der Waals surface area contributed by atoms with Crippen LogP contribution in [0.1, 0.15) is 12.8 Å². The quantitative estimate of drug-likeness (QED) is 0.535. The third kappa shape index (κ3) is 5.65. The number of carbonyl (C=O) groups is 1. The molecule has 1 N–H and O–H groups in total. The van der Waals surface area contributed by atoms with E-state index < -0.39 is 0 Å². The third-order valence-corrected chi connectivity index (χ3v) is 4.65. The van der Waals surface area contributed by atoms with Gasteiger partial charge in [0.1, 0.15) is 0 Å². The summed E-state index contributed by atoms with van der Waals surface area (Å²) in [5.41, 5.74) is 0.697. The summed E-state index contributed by atoms with van der Waals surface area (Å²) < 4.78 is 10.4. The molecule has 0 aliphatic rings. The number of rotatable bonds is 8. The number of thioether (sulfide) groups is 1. The second kappa shape index (κ2) is 9.45. The lowest BCUT2D eigenvalue weighted by molar-refractivity contribution is -0.116. The Balaban J connectivity index is 1.76. The van der Waals surface area contributed by atoms with Crippen LogP contribution in [0.4, 0.5) is 5.69 Å². The predicted molar refractivity (Wildman–Crippen MR) is 99.6 cm³/mol. The molecule has 2 rings (SSSR count). The van der Waals surface area contributed by atoms with Crippen LogP contribution in [0.5, 0.6) is 11.5 Å². The molecule has 0 aliphatic heterocycles. The molecule has 0 unspecified atom stereocenters. The van der Waals surface area contributed by atoms with Crippen molar-refractivity contribution in [2.45, 2.75) is 17.7 Å². The highest BCUT2D eigenvalue weighted by atomic mass is 35.5. The average molecular weight is 366 g/mol. The zero-order valence-corrected chi connectivity index (χ0v) is 15.2. The molecule has 0 saturated heterocycles. The van der Waals surface area contributed by atoms with E-state index in [2.05, 4.69) is 5.32 Å². The van der Waals surface area contributed by atoms with Crippen LogP contribution in [0.25, 0.3) is 0 Å². The van der Waals surface area contributed by atoms with Crippen LogP contribution in [0.2, 0.25) is 5.02 Å². The van der Waals surface area contributed by atoms with Crippen molar-refractivity contribution in [1.29, 1.82) is 0 Å². The van der Waals surface area contributed by atoms with Gasteiger partial charge in [0.2, 0.25) is 5.91 Å². The molecule has 2 aromatic rings. The number of hydrogen-bond donors (Lipinski definition) is 1. The average Bonchev–Trinajstić information content (AvgIpc) is 2.60. The predicted octanol–water partition coefficient (Wildman–Crippen LogP) is 4.87. The molecular weight excluding hydrogens is 346 g/mol. The molecule has 4 nitrogen and oxygen atoms in total. The summed E-state index contributed by atoms with van der Waals surface area (Å²) in [7, 11) is 3.14. The molecule has 0 heterocycles. The van der Waals surface area contributed by atoms with Crippen molar-refractivity contribution < 1.29 is 14.3 Å². The molecule has 0 radical (unpaired) electrons. The van der Waals surface area contributed by atoms with E-state index >= 15 is 0 Å². The Morgan fingerprint density at radius 2 is 1.79 bits per heavy atom. The standard InChI is InChI=1S/C18H20ClNO3S/c1-22-16-10-7-14(12-17(16)23-2)20-18(21)4-3-11-24-15-8-5-13(19)6-9-15/h5-10,12H,3-4,11H2,1-2H3,(H,20,21). The first-order valence-corrected chi connectivity index (χ1v) is 8.89. The van der Waals surface area contributed by atoms with Crippen molar-refractivity contribution in [3.8, 4) is 11.5 Å². The second-order valence-corrected chi connectivity index (χ2v) is 6.63. The minimum atomic E-state index is -0.0149. The maximum atomic E-state index is 12.0. The molecule has 1 amide bonds. The van der Waals surface area contributed by atoms with E-state index in [1.165, 1.54) is 0 Å². The molecule has 0 spiro atoms. The van der Waals surface area contributed by atoms with E-state index in [1.54, 1.807) is 44.2 Å². The number of carbonyl (C=O) groups excluding carboxylic acids is 1. The van der Waals surface area contributed by atoms with Crippen molar-refractivity contribution in [2.75, 3.05) is 25.3 Å². The van der Waals surface area contributed by atoms with Crippen LogP contribution in [0, 0.1) is 0 Å². The van der Waals surface area contributed by atoms with E-state index in [-0.39, 0.29) is 5.91 Å². The van der Waals surface area contributed by atoms with Crippen molar-refractivity contribution in [3.63, 3.8) is 0 Å². The van der Waals surface area contributed by atoms with Gasteiger partial charge in [0.05, 0.1) is 14.2 Å². The van der Waals surface area contributed by atoms with E-state index in [0.717, 1.165) is 22.1 Å². The summed E-state index contributed by atoms with van der Waals surface area (Å²) >= 11 is 7.57. The number of benzene rings is 2. The van der Waals surface area contributed by atoms with Crippen LogP contribution in [0.15, 0.2) is 47.4 Å². The molecule has 6 heteroatoms. The Morgan fingerprint density at radius 3 is 2.46 bits per heavy atom. The van der Waals surface area contributed by atoms with Gasteiger partial charge in [-0.25, -0.2) is 0 Å². The fraction of sp³-hybridized carbons (Fsp3) is 0.278. The van der Waals surface area contributed by atoms with Crippen molar-refractivity contribution >= 4 is 35.0 Å². The highest BCUT2D eigenvalue weighted by Crippen LogP contribution is 2.29. The summed E-state index contributed by atoms with van der Waals surface area (Å²) in [6.07, 6.45) is 1.27. The van der Waals surface area contributed by atoms with Gasteiger partial charge in [-0.05, 0) is 48.6 Å². The molecule has 0 fully saturated rings. The number of nitrogens with one attached hydrogen (secondary N) is 1. The van der Waals surface area contributed by atoms with Gasteiger partial charge in [0.15, 0.2) is 11.5 Å². The molecule has 0 saturated carbocycles. The monoisotopic (exact) mass is 365 g/mol. The minimum absolute atomic E-state index is 0.0149. The van der Waals surface area contributed by atoms with Gasteiger partial charge < -0.3 is 14.8 Å². The fourth-order valence-electron chi connectivity index (χ4n) is 2.09. The van der Waals surface area contributed by atoms with E-state index in [0.29, 0.717) is 23.6 Å². The molecule has 0 aromatic heterocycles. The van der Waals surface area contributed by atoms with E-state index in [9.17, 15) is 4.79 Å². The first-order chi connectivity index (χ1) is 11.6. The first kappa shape index (κ1) is 18.5. The summed E-state index contributed by atoms with van der Waals surface area (Å²) in [6.45, 7) is 0. The van der Waals surface area contributed by atoms with Gasteiger partial charge in [0, 0.05) is 28.1 Å². The number of halogens is 1. The zero-order valence-electron chi connectivity index (χ0n) is 13.7. The molecule has 2 aromatic carbocycles. The van der Waals surface area contributed by atoms with Crippen LogP contribution < -0.4 is 14.8 Å². The van der Waals surface area contributed by atoms with E-state index in [1.807, 2.05) is 24.3 Å². The number of methoxy groups -OCH3 is 2. The van der Waals surface area contributed by atoms with Gasteiger partial charge in [0.25, 0.3) is 0 Å². The lowest BCUT2D eigenvalue weighted by atomic mass is 10.2. The van der Waals surface area contributed by atoms with Gasteiger partial charge in [-0.3, -0.25) is 4.79 Å². The van der Waals surface area contributed by atoms with Crippen molar-refractivity contribution in [3.05, 3.63) is 47.5 Å². The Labute approximate surface area is 151 Å². The zero-order chi connectivity index (χ0) is 17.4. The Hall–Kier alpha value is -1.85.